The van der Waals surface area contributed by atoms with E-state index in [2.05, 4.69) is 0 Å². The topological polar surface area (TPSA) is 64.8 Å². The van der Waals surface area contributed by atoms with E-state index in [9.17, 15) is 4.79 Å². The number of carbonyl (C=O) groups excluding carboxylic acids is 1. The van der Waals surface area contributed by atoms with E-state index in [0.717, 1.165) is 11.3 Å². The number of rotatable bonds is 3. The first-order valence-electron chi connectivity index (χ1n) is 4.31. The fraction of sp³-hybridized carbons (Fsp3) is 0.300. The predicted molar refractivity (Wildman–Crippen MR) is 49.8 cm³/mol. The van der Waals surface area contributed by atoms with E-state index in [1.54, 1.807) is 7.11 Å². The number of epoxide rings is 1. The van der Waals surface area contributed by atoms with Gasteiger partial charge in [-0.1, -0.05) is 12.1 Å². The number of nitrogens with two attached hydrogens (primary N) is 1. The van der Waals surface area contributed by atoms with Gasteiger partial charge in [-0.3, -0.25) is 4.79 Å². The van der Waals surface area contributed by atoms with Crippen LogP contribution in [0.4, 0.5) is 0 Å². The standard InChI is InChI=1S/C10H11NO3/c1-13-7-4-2-6(3-5-7)8-9(14-8)10(11)12/h2-5,8-9H,1H3,(H2,11,12)/t8-,9+/m0/s1. The molecule has 1 fully saturated rings. The van der Waals surface area contributed by atoms with E-state index in [4.69, 9.17) is 15.2 Å². The smallest absolute Gasteiger partial charge is 0.249 e. The van der Waals surface area contributed by atoms with Crippen molar-refractivity contribution >= 4 is 5.91 Å². The number of methoxy groups -OCH3 is 1. The molecule has 1 aliphatic heterocycles. The summed E-state index contributed by atoms with van der Waals surface area (Å²) in [7, 11) is 1.61. The Morgan fingerprint density at radius 3 is 2.50 bits per heavy atom. The highest BCUT2D eigenvalue weighted by Crippen LogP contribution is 2.38. The summed E-state index contributed by atoms with van der Waals surface area (Å²) >= 11 is 0. The van der Waals surface area contributed by atoms with Crippen LogP contribution in [0.2, 0.25) is 0 Å². The van der Waals surface area contributed by atoms with Gasteiger partial charge in [0, 0.05) is 0 Å². The van der Waals surface area contributed by atoms with Crippen molar-refractivity contribution in [2.75, 3.05) is 7.11 Å². The molecule has 2 N–H and O–H groups in total. The molecule has 0 radical (unpaired) electrons. The Morgan fingerprint density at radius 2 is 2.07 bits per heavy atom. The first-order chi connectivity index (χ1) is 6.72. The summed E-state index contributed by atoms with van der Waals surface area (Å²) in [6.45, 7) is 0. The maximum Gasteiger partial charge on any atom is 0.249 e. The molecule has 4 heteroatoms. The van der Waals surface area contributed by atoms with Gasteiger partial charge in [0.15, 0.2) is 6.10 Å². The predicted octanol–water partition coefficient (Wildman–Crippen LogP) is 0.620. The van der Waals surface area contributed by atoms with Gasteiger partial charge in [-0.05, 0) is 17.7 Å². The Hall–Kier alpha value is -1.55. The Bertz CT molecular complexity index is 347. The van der Waals surface area contributed by atoms with E-state index in [-0.39, 0.29) is 6.10 Å². The fourth-order valence-electron chi connectivity index (χ4n) is 1.38. The van der Waals surface area contributed by atoms with Gasteiger partial charge in [0.2, 0.25) is 5.91 Å². The van der Waals surface area contributed by atoms with Crippen LogP contribution in [0, 0.1) is 0 Å². The van der Waals surface area contributed by atoms with Crippen LogP contribution in [0.1, 0.15) is 11.7 Å². The summed E-state index contributed by atoms with van der Waals surface area (Å²) in [5.41, 5.74) is 6.05. The minimum Gasteiger partial charge on any atom is -0.497 e. The summed E-state index contributed by atoms with van der Waals surface area (Å²) in [5.74, 6) is 0.371. The average molecular weight is 193 g/mol. The van der Waals surface area contributed by atoms with Crippen molar-refractivity contribution in [3.63, 3.8) is 0 Å². The monoisotopic (exact) mass is 193 g/mol. The molecule has 1 saturated heterocycles. The average Bonchev–Trinajstić information content (AvgIpc) is 2.97. The molecule has 2 rings (SSSR count). The number of carbonyl (C=O) groups is 1. The van der Waals surface area contributed by atoms with E-state index in [1.165, 1.54) is 0 Å². The lowest BCUT2D eigenvalue weighted by molar-refractivity contribution is -0.119. The van der Waals surface area contributed by atoms with Gasteiger partial charge in [0.25, 0.3) is 0 Å². The summed E-state index contributed by atoms with van der Waals surface area (Å²) in [5, 5.41) is 0. The van der Waals surface area contributed by atoms with Crippen molar-refractivity contribution in [2.45, 2.75) is 12.2 Å². The SMILES string of the molecule is COc1ccc([C@@H]2O[C@H]2C(N)=O)cc1. The Morgan fingerprint density at radius 1 is 1.43 bits per heavy atom. The molecule has 0 aliphatic carbocycles. The molecule has 0 spiro atoms. The van der Waals surface area contributed by atoms with Gasteiger partial charge < -0.3 is 15.2 Å². The number of hydrogen-bond donors (Lipinski definition) is 1. The van der Waals surface area contributed by atoms with Crippen LogP contribution in [0.5, 0.6) is 5.75 Å². The minimum absolute atomic E-state index is 0.168. The van der Waals surface area contributed by atoms with Crippen molar-refractivity contribution in [3.05, 3.63) is 29.8 Å². The molecule has 1 aromatic carbocycles. The molecule has 1 heterocycles. The summed E-state index contributed by atoms with van der Waals surface area (Å²) < 4.78 is 10.1. The molecular weight excluding hydrogens is 182 g/mol. The largest absolute Gasteiger partial charge is 0.497 e. The third-order valence-corrected chi connectivity index (χ3v) is 2.22. The van der Waals surface area contributed by atoms with Crippen LogP contribution in [0.3, 0.4) is 0 Å². The quantitative estimate of drug-likeness (QED) is 0.715. The second-order valence-corrected chi connectivity index (χ2v) is 3.15. The molecule has 0 unspecified atom stereocenters. The highest BCUT2D eigenvalue weighted by atomic mass is 16.6. The van der Waals surface area contributed by atoms with E-state index in [1.807, 2.05) is 24.3 Å². The number of amides is 1. The Labute approximate surface area is 81.6 Å². The van der Waals surface area contributed by atoms with Crippen LogP contribution in [0.15, 0.2) is 24.3 Å². The first kappa shape index (κ1) is 9.02. The zero-order valence-electron chi connectivity index (χ0n) is 7.77. The molecule has 0 bridgehead atoms. The van der Waals surface area contributed by atoms with Gasteiger partial charge in [-0.15, -0.1) is 0 Å². The van der Waals surface area contributed by atoms with Crippen LogP contribution >= 0.6 is 0 Å². The van der Waals surface area contributed by atoms with Crippen LogP contribution < -0.4 is 10.5 Å². The van der Waals surface area contributed by atoms with E-state index in [0.29, 0.717) is 0 Å². The Kier molecular flexibility index (Phi) is 2.13. The number of ether oxygens (including phenoxy) is 2. The molecule has 4 nitrogen and oxygen atoms in total. The van der Waals surface area contributed by atoms with Crippen molar-refractivity contribution in [2.24, 2.45) is 5.73 Å². The van der Waals surface area contributed by atoms with Crippen molar-refractivity contribution in [1.82, 2.24) is 0 Å². The summed E-state index contributed by atoms with van der Waals surface area (Å²) in [4.78, 5) is 10.7. The molecule has 2 atom stereocenters. The second kappa shape index (κ2) is 3.31. The van der Waals surface area contributed by atoms with E-state index >= 15 is 0 Å². The van der Waals surface area contributed by atoms with Crippen molar-refractivity contribution < 1.29 is 14.3 Å². The molecule has 74 valence electrons. The molecule has 1 aromatic rings. The molecule has 1 aliphatic rings. The molecule has 0 saturated carbocycles. The third-order valence-electron chi connectivity index (χ3n) is 2.22. The van der Waals surface area contributed by atoms with Gasteiger partial charge in [0.05, 0.1) is 7.11 Å². The maximum absolute atomic E-state index is 10.7. The molecule has 0 aromatic heterocycles. The summed E-state index contributed by atoms with van der Waals surface area (Å²) in [6, 6.07) is 7.39. The highest BCUT2D eigenvalue weighted by Gasteiger charge is 2.44. The third kappa shape index (κ3) is 1.56. The zero-order valence-corrected chi connectivity index (χ0v) is 7.77. The lowest BCUT2D eigenvalue weighted by atomic mass is 10.1. The minimum atomic E-state index is -0.455. The second-order valence-electron chi connectivity index (χ2n) is 3.15. The molecule has 14 heavy (non-hydrogen) atoms. The lowest BCUT2D eigenvalue weighted by Gasteiger charge is -1.99. The first-order valence-corrected chi connectivity index (χ1v) is 4.31. The van der Waals surface area contributed by atoms with Crippen molar-refractivity contribution in [3.8, 4) is 5.75 Å². The number of hydrogen-bond acceptors (Lipinski definition) is 3. The maximum atomic E-state index is 10.7. The normalized spacial score (nSPS) is 24.4. The van der Waals surface area contributed by atoms with Crippen LogP contribution in [0.25, 0.3) is 0 Å². The molecule has 1 amide bonds. The fourth-order valence-corrected chi connectivity index (χ4v) is 1.38. The van der Waals surface area contributed by atoms with Crippen LogP contribution in [-0.2, 0) is 9.53 Å². The highest BCUT2D eigenvalue weighted by molar-refractivity contribution is 5.82. The van der Waals surface area contributed by atoms with E-state index < -0.39 is 12.0 Å². The van der Waals surface area contributed by atoms with Gasteiger partial charge in [-0.25, -0.2) is 0 Å². The van der Waals surface area contributed by atoms with Gasteiger partial charge >= 0.3 is 0 Å². The zero-order chi connectivity index (χ0) is 10.1. The van der Waals surface area contributed by atoms with Gasteiger partial charge in [0.1, 0.15) is 11.9 Å². The van der Waals surface area contributed by atoms with Gasteiger partial charge in [-0.2, -0.15) is 0 Å². The lowest BCUT2D eigenvalue weighted by Crippen LogP contribution is -2.18. The number of primary amides is 1. The number of benzene rings is 1. The summed E-state index contributed by atoms with van der Waals surface area (Å²) in [6.07, 6.45) is -0.623. The Balaban J connectivity index is 2.08. The van der Waals surface area contributed by atoms with Crippen molar-refractivity contribution in [1.29, 1.82) is 0 Å². The molecular formula is C10H11NO3. The van der Waals surface area contributed by atoms with Crippen LogP contribution in [-0.4, -0.2) is 19.1 Å².